The molecule has 6 heteroatoms. The molecule has 1 fully saturated rings. The van der Waals surface area contributed by atoms with Crippen LogP contribution in [0.25, 0.3) is 6.08 Å². The summed E-state index contributed by atoms with van der Waals surface area (Å²) in [6.45, 7) is 10.4. The summed E-state index contributed by atoms with van der Waals surface area (Å²) in [5, 5.41) is 0.372. The van der Waals surface area contributed by atoms with E-state index in [2.05, 4.69) is 38.8 Å². The molecule has 0 unspecified atom stereocenters. The Balaban J connectivity index is 2.03. The molecule has 3 rings (SSSR count). The molecule has 2 aliphatic rings. The van der Waals surface area contributed by atoms with Crippen molar-refractivity contribution < 1.29 is 9.59 Å². The number of hydrogen-bond acceptors (Lipinski definition) is 4. The van der Waals surface area contributed by atoms with Gasteiger partial charge in [0.2, 0.25) is 0 Å². The molecular weight excluding hydrogens is 368 g/mol. The Morgan fingerprint density at radius 2 is 1.96 bits per heavy atom. The van der Waals surface area contributed by atoms with Crippen molar-refractivity contribution in [3.8, 4) is 0 Å². The lowest BCUT2D eigenvalue weighted by Gasteiger charge is -2.45. The van der Waals surface area contributed by atoms with Gasteiger partial charge in [0.15, 0.2) is 0 Å². The van der Waals surface area contributed by atoms with Gasteiger partial charge in [-0.25, -0.2) is 0 Å². The van der Waals surface area contributed by atoms with Crippen molar-refractivity contribution in [2.24, 2.45) is 0 Å². The van der Waals surface area contributed by atoms with Crippen molar-refractivity contribution in [1.82, 2.24) is 4.90 Å². The number of benzene rings is 1. The Bertz CT molecular complexity index is 816. The number of rotatable bonds is 2. The predicted molar refractivity (Wildman–Crippen MR) is 110 cm³/mol. The minimum Gasteiger partial charge on any atom is -0.369 e. The highest BCUT2D eigenvalue weighted by Gasteiger charge is 2.37. The summed E-state index contributed by atoms with van der Waals surface area (Å²) >= 11 is 7.52. The Hall–Kier alpha value is -1.46. The molecule has 2 heterocycles. The summed E-state index contributed by atoms with van der Waals surface area (Å²) in [5.41, 5.74) is 3.22. The molecule has 4 nitrogen and oxygen atoms in total. The van der Waals surface area contributed by atoms with Crippen molar-refractivity contribution in [1.29, 1.82) is 0 Å². The number of imide groups is 1. The van der Waals surface area contributed by atoms with Crippen LogP contribution in [0.2, 0.25) is 5.02 Å². The van der Waals surface area contributed by atoms with E-state index in [1.54, 1.807) is 6.08 Å². The van der Waals surface area contributed by atoms with Gasteiger partial charge in [-0.1, -0.05) is 18.5 Å². The van der Waals surface area contributed by atoms with Crippen LogP contribution < -0.4 is 4.90 Å². The van der Waals surface area contributed by atoms with Gasteiger partial charge in [-0.3, -0.25) is 14.5 Å². The number of amides is 2. The third-order valence-electron chi connectivity index (χ3n) is 5.38. The number of carbonyl (C=O) groups excluding carboxylic acids is 2. The van der Waals surface area contributed by atoms with Crippen molar-refractivity contribution in [3.05, 3.63) is 33.2 Å². The molecule has 140 valence electrons. The van der Waals surface area contributed by atoms with Crippen molar-refractivity contribution in [2.45, 2.75) is 58.5 Å². The molecule has 0 aromatic heterocycles. The second-order valence-corrected chi connectivity index (χ2v) is 9.46. The minimum absolute atomic E-state index is 0.0666. The van der Waals surface area contributed by atoms with Gasteiger partial charge in [0.25, 0.3) is 11.1 Å². The maximum atomic E-state index is 12.5. The average molecular weight is 393 g/mol. The molecule has 0 radical (unpaired) electrons. The summed E-state index contributed by atoms with van der Waals surface area (Å²) in [6.07, 6.45) is 2.80. The van der Waals surface area contributed by atoms with Crippen LogP contribution in [0, 0.1) is 0 Å². The van der Waals surface area contributed by atoms with Crippen molar-refractivity contribution in [2.75, 3.05) is 11.9 Å². The highest BCUT2D eigenvalue weighted by atomic mass is 35.5. The SMILES string of the molecule is CC(C)N1C(=O)S/C(=C\c2cc3c(cc2Cl)N(C)C(C)(C)C[C@@H]3C)C1=O. The van der Waals surface area contributed by atoms with E-state index in [4.69, 9.17) is 11.6 Å². The number of nitrogens with zero attached hydrogens (tertiary/aromatic N) is 2. The normalized spacial score (nSPS) is 24.0. The van der Waals surface area contributed by atoms with Crippen LogP contribution in [0.15, 0.2) is 17.0 Å². The Labute approximate surface area is 164 Å². The zero-order valence-electron chi connectivity index (χ0n) is 16.1. The molecule has 2 aliphatic heterocycles. The quantitative estimate of drug-likeness (QED) is 0.622. The predicted octanol–water partition coefficient (Wildman–Crippen LogP) is 5.51. The van der Waals surface area contributed by atoms with Gasteiger partial charge >= 0.3 is 0 Å². The van der Waals surface area contributed by atoms with Gasteiger partial charge in [-0.05, 0) is 81.1 Å². The fraction of sp³-hybridized carbons (Fsp3) is 0.500. The number of carbonyl (C=O) groups is 2. The molecule has 26 heavy (non-hydrogen) atoms. The van der Waals surface area contributed by atoms with Crippen LogP contribution in [0.4, 0.5) is 10.5 Å². The Morgan fingerprint density at radius 3 is 2.54 bits per heavy atom. The van der Waals surface area contributed by atoms with E-state index in [1.165, 1.54) is 10.5 Å². The van der Waals surface area contributed by atoms with E-state index in [-0.39, 0.29) is 22.7 Å². The van der Waals surface area contributed by atoms with Crippen LogP contribution in [0.5, 0.6) is 0 Å². The monoisotopic (exact) mass is 392 g/mol. The molecule has 0 bridgehead atoms. The highest BCUT2D eigenvalue weighted by molar-refractivity contribution is 8.18. The largest absolute Gasteiger partial charge is 0.369 e. The fourth-order valence-corrected chi connectivity index (χ4v) is 4.95. The summed E-state index contributed by atoms with van der Waals surface area (Å²) < 4.78 is 0. The highest BCUT2D eigenvalue weighted by Crippen LogP contribution is 2.45. The first-order valence-electron chi connectivity index (χ1n) is 8.87. The lowest BCUT2D eigenvalue weighted by atomic mass is 9.80. The van der Waals surface area contributed by atoms with Crippen LogP contribution in [-0.2, 0) is 4.79 Å². The van der Waals surface area contributed by atoms with Crippen molar-refractivity contribution in [3.63, 3.8) is 0 Å². The first-order valence-corrected chi connectivity index (χ1v) is 10.1. The minimum atomic E-state index is -0.241. The molecule has 1 aromatic rings. The van der Waals surface area contributed by atoms with Gasteiger partial charge < -0.3 is 4.90 Å². The first kappa shape index (κ1) is 19.3. The molecule has 0 N–H and O–H groups in total. The van der Waals surface area contributed by atoms with Gasteiger partial charge in [0.1, 0.15) is 0 Å². The summed E-state index contributed by atoms with van der Waals surface area (Å²) in [7, 11) is 2.09. The van der Waals surface area contributed by atoms with Crippen molar-refractivity contribution >= 4 is 46.3 Å². The summed E-state index contributed by atoms with van der Waals surface area (Å²) in [6, 6.07) is 3.90. The number of fused-ring (bicyclic) bond motifs is 1. The van der Waals surface area contributed by atoms with E-state index in [0.29, 0.717) is 15.8 Å². The summed E-state index contributed by atoms with van der Waals surface area (Å²) in [4.78, 5) is 28.6. The van der Waals surface area contributed by atoms with E-state index < -0.39 is 0 Å². The molecule has 0 saturated carbocycles. The lowest BCUT2D eigenvalue weighted by molar-refractivity contribution is -0.123. The van der Waals surface area contributed by atoms with Crippen LogP contribution in [0.1, 0.15) is 58.1 Å². The fourth-order valence-electron chi connectivity index (χ4n) is 3.78. The maximum absolute atomic E-state index is 12.5. The van der Waals surface area contributed by atoms with Gasteiger partial charge in [0, 0.05) is 29.3 Å². The number of thioether (sulfide) groups is 1. The van der Waals surface area contributed by atoms with Gasteiger partial charge in [-0.2, -0.15) is 0 Å². The lowest BCUT2D eigenvalue weighted by Crippen LogP contribution is -2.45. The molecule has 1 saturated heterocycles. The smallest absolute Gasteiger partial charge is 0.293 e. The maximum Gasteiger partial charge on any atom is 0.293 e. The average Bonchev–Trinajstić information content (AvgIpc) is 2.80. The molecular formula is C20H25ClN2O2S. The van der Waals surface area contributed by atoms with E-state index in [9.17, 15) is 9.59 Å². The topological polar surface area (TPSA) is 40.6 Å². The Morgan fingerprint density at radius 1 is 1.31 bits per heavy atom. The number of anilines is 1. The molecule has 0 spiro atoms. The van der Waals surface area contributed by atoms with Crippen LogP contribution in [-0.4, -0.2) is 34.7 Å². The zero-order valence-corrected chi connectivity index (χ0v) is 17.7. The zero-order chi connectivity index (χ0) is 19.4. The van der Waals surface area contributed by atoms with Gasteiger partial charge in [0.05, 0.1) is 4.91 Å². The van der Waals surface area contributed by atoms with Crippen LogP contribution >= 0.6 is 23.4 Å². The molecule has 0 aliphatic carbocycles. The summed E-state index contributed by atoms with van der Waals surface area (Å²) in [5.74, 6) is 0.154. The standard InChI is InChI=1S/C20H25ClN2O2S/c1-11(2)23-18(24)17(26-19(23)25)8-13-7-14-12(3)10-20(4,5)22(6)16(14)9-15(13)21/h7-9,11-12H,10H2,1-6H3/b17-8-/t12-/m0/s1. The van der Waals surface area contributed by atoms with E-state index in [1.807, 2.05) is 19.9 Å². The van der Waals surface area contributed by atoms with Gasteiger partial charge in [-0.15, -0.1) is 0 Å². The molecule has 1 aromatic carbocycles. The molecule has 1 atom stereocenters. The number of halogens is 1. The third kappa shape index (κ3) is 3.16. The first-order chi connectivity index (χ1) is 12.0. The van der Waals surface area contributed by atoms with E-state index in [0.717, 1.165) is 29.4 Å². The number of hydrogen-bond donors (Lipinski definition) is 0. The Kier molecular flexibility index (Phi) is 4.91. The van der Waals surface area contributed by atoms with E-state index >= 15 is 0 Å². The third-order valence-corrected chi connectivity index (χ3v) is 6.59. The molecule has 2 amide bonds. The second kappa shape index (κ2) is 6.61. The second-order valence-electron chi connectivity index (χ2n) is 8.05. The van der Waals surface area contributed by atoms with Crippen LogP contribution in [0.3, 0.4) is 0 Å².